The van der Waals surface area contributed by atoms with Gasteiger partial charge in [0.1, 0.15) is 17.5 Å². The minimum atomic E-state index is -0.257. The average Bonchev–Trinajstić information content (AvgIpc) is 2.84. The first kappa shape index (κ1) is 11.6. The van der Waals surface area contributed by atoms with Crippen molar-refractivity contribution in [2.45, 2.75) is 6.54 Å². The number of nitrogens with zero attached hydrogens (tertiary/aromatic N) is 4. The highest BCUT2D eigenvalue weighted by Gasteiger charge is 2.11. The predicted octanol–water partition coefficient (Wildman–Crippen LogP) is 2.02. The van der Waals surface area contributed by atoms with Crippen molar-refractivity contribution < 1.29 is 9.13 Å². The average molecular weight is 258 g/mol. The maximum Gasteiger partial charge on any atom is 0.227 e. The molecular weight excluding hydrogens is 247 g/mol. The smallest absolute Gasteiger partial charge is 0.227 e. The van der Waals surface area contributed by atoms with Gasteiger partial charge in [-0.05, 0) is 6.07 Å². The van der Waals surface area contributed by atoms with Gasteiger partial charge in [0.2, 0.25) is 5.88 Å². The van der Waals surface area contributed by atoms with E-state index in [0.29, 0.717) is 29.0 Å². The summed E-state index contributed by atoms with van der Waals surface area (Å²) in [4.78, 5) is 8.17. The summed E-state index contributed by atoms with van der Waals surface area (Å²) >= 11 is 0. The Morgan fingerprint density at radius 1 is 1.26 bits per heavy atom. The quantitative estimate of drug-likeness (QED) is 0.721. The Labute approximate surface area is 108 Å². The molecule has 0 atom stereocenters. The largest absolute Gasteiger partial charge is 0.480 e. The van der Waals surface area contributed by atoms with Gasteiger partial charge in [-0.15, -0.1) is 0 Å². The molecule has 96 valence electrons. The third-order valence-electron chi connectivity index (χ3n) is 2.87. The van der Waals surface area contributed by atoms with Gasteiger partial charge in [-0.25, -0.2) is 19.0 Å². The molecule has 0 N–H and O–H groups in total. The van der Waals surface area contributed by atoms with Gasteiger partial charge in [-0.3, -0.25) is 0 Å². The lowest BCUT2D eigenvalue weighted by atomic mass is 10.2. The number of halogens is 1. The summed E-state index contributed by atoms with van der Waals surface area (Å²) in [6, 6.07) is 6.60. The van der Waals surface area contributed by atoms with Crippen LogP contribution in [0.15, 0.2) is 36.8 Å². The van der Waals surface area contributed by atoms with Crippen molar-refractivity contribution >= 4 is 11.0 Å². The monoisotopic (exact) mass is 258 g/mol. The number of ether oxygens (including phenoxy) is 1. The summed E-state index contributed by atoms with van der Waals surface area (Å²) < 4.78 is 20.4. The number of methoxy groups -OCH3 is 1. The summed E-state index contributed by atoms with van der Waals surface area (Å²) in [5.74, 6) is 0.206. The Hall–Kier alpha value is -2.50. The van der Waals surface area contributed by atoms with Crippen molar-refractivity contribution in [3.8, 4) is 5.88 Å². The zero-order valence-corrected chi connectivity index (χ0v) is 10.2. The van der Waals surface area contributed by atoms with E-state index in [1.807, 2.05) is 0 Å². The summed E-state index contributed by atoms with van der Waals surface area (Å²) in [5, 5.41) is 4.92. The molecule has 5 nitrogen and oxygen atoms in total. The van der Waals surface area contributed by atoms with E-state index in [1.54, 1.807) is 29.1 Å². The topological polar surface area (TPSA) is 52.8 Å². The first-order chi connectivity index (χ1) is 9.29. The van der Waals surface area contributed by atoms with Crippen LogP contribution in [0.2, 0.25) is 0 Å². The van der Waals surface area contributed by atoms with E-state index in [0.717, 1.165) is 0 Å². The number of hydrogen-bond donors (Lipinski definition) is 0. The van der Waals surface area contributed by atoms with E-state index in [2.05, 4.69) is 15.1 Å². The van der Waals surface area contributed by atoms with E-state index < -0.39 is 0 Å². The first-order valence-electron chi connectivity index (χ1n) is 5.73. The van der Waals surface area contributed by atoms with Crippen molar-refractivity contribution in [3.63, 3.8) is 0 Å². The molecule has 0 aliphatic rings. The number of rotatable bonds is 3. The van der Waals surface area contributed by atoms with Crippen molar-refractivity contribution in [1.82, 2.24) is 19.7 Å². The normalized spacial score (nSPS) is 10.8. The van der Waals surface area contributed by atoms with E-state index in [4.69, 9.17) is 4.74 Å². The van der Waals surface area contributed by atoms with Crippen LogP contribution in [-0.4, -0.2) is 26.9 Å². The molecule has 6 heteroatoms. The molecule has 0 amide bonds. The van der Waals surface area contributed by atoms with Crippen LogP contribution in [0.5, 0.6) is 5.88 Å². The lowest BCUT2D eigenvalue weighted by Gasteiger charge is -2.04. The Kier molecular flexibility index (Phi) is 2.83. The van der Waals surface area contributed by atoms with Gasteiger partial charge in [0, 0.05) is 5.56 Å². The highest BCUT2D eigenvalue weighted by molar-refractivity contribution is 5.79. The Balaban J connectivity index is 2.05. The number of hydrogen-bond acceptors (Lipinski definition) is 4. The molecule has 0 aliphatic heterocycles. The molecule has 0 radical (unpaired) electrons. The fourth-order valence-corrected chi connectivity index (χ4v) is 1.94. The van der Waals surface area contributed by atoms with Crippen molar-refractivity contribution in [2.75, 3.05) is 7.11 Å². The molecule has 2 aromatic heterocycles. The van der Waals surface area contributed by atoms with Crippen LogP contribution >= 0.6 is 0 Å². The lowest BCUT2D eigenvalue weighted by molar-refractivity contribution is 0.402. The molecule has 1 aromatic carbocycles. The van der Waals surface area contributed by atoms with Gasteiger partial charge in [-0.1, -0.05) is 18.2 Å². The molecule has 19 heavy (non-hydrogen) atoms. The maximum absolute atomic E-state index is 13.6. The minimum Gasteiger partial charge on any atom is -0.480 e. The standard InChI is InChI=1S/C13H11FN4O/c1-19-13-10-6-17-18(12(10)15-8-16-13)7-9-4-2-3-5-11(9)14/h2-6,8H,7H2,1H3. The molecule has 2 heterocycles. The van der Waals surface area contributed by atoms with E-state index >= 15 is 0 Å². The second kappa shape index (κ2) is 4.64. The molecule has 0 fully saturated rings. The lowest BCUT2D eigenvalue weighted by Crippen LogP contribution is -2.04. The predicted molar refractivity (Wildman–Crippen MR) is 67.4 cm³/mol. The highest BCUT2D eigenvalue weighted by atomic mass is 19.1. The number of aromatic nitrogens is 4. The maximum atomic E-state index is 13.6. The van der Waals surface area contributed by atoms with E-state index in [1.165, 1.54) is 19.5 Å². The van der Waals surface area contributed by atoms with Gasteiger partial charge in [0.05, 0.1) is 19.9 Å². The highest BCUT2D eigenvalue weighted by Crippen LogP contribution is 2.21. The van der Waals surface area contributed by atoms with Crippen molar-refractivity contribution in [2.24, 2.45) is 0 Å². The summed E-state index contributed by atoms with van der Waals surface area (Å²) in [6.07, 6.45) is 3.02. The fraction of sp³-hybridized carbons (Fsp3) is 0.154. The second-order valence-electron chi connectivity index (χ2n) is 4.01. The molecule has 3 rings (SSSR count). The molecular formula is C13H11FN4O. The number of fused-ring (bicyclic) bond motifs is 1. The van der Waals surface area contributed by atoms with Crippen LogP contribution in [0.3, 0.4) is 0 Å². The van der Waals surface area contributed by atoms with Crippen molar-refractivity contribution in [1.29, 1.82) is 0 Å². The Morgan fingerprint density at radius 3 is 2.89 bits per heavy atom. The zero-order chi connectivity index (χ0) is 13.2. The van der Waals surface area contributed by atoms with Crippen LogP contribution in [-0.2, 0) is 6.54 Å². The third-order valence-corrected chi connectivity index (χ3v) is 2.87. The van der Waals surface area contributed by atoms with Gasteiger partial charge < -0.3 is 4.74 Å². The molecule has 0 saturated heterocycles. The SMILES string of the molecule is COc1ncnc2c1cnn2Cc1ccccc1F. The Morgan fingerprint density at radius 2 is 2.11 bits per heavy atom. The van der Waals surface area contributed by atoms with Gasteiger partial charge >= 0.3 is 0 Å². The minimum absolute atomic E-state index is 0.257. The van der Waals surface area contributed by atoms with E-state index in [9.17, 15) is 4.39 Å². The van der Waals surface area contributed by atoms with Gasteiger partial charge in [0.25, 0.3) is 0 Å². The van der Waals surface area contributed by atoms with Crippen molar-refractivity contribution in [3.05, 3.63) is 48.2 Å². The second-order valence-corrected chi connectivity index (χ2v) is 4.01. The van der Waals surface area contributed by atoms with Gasteiger partial charge in [0.15, 0.2) is 5.65 Å². The molecule has 3 aromatic rings. The van der Waals surface area contributed by atoms with Gasteiger partial charge in [-0.2, -0.15) is 5.10 Å². The fourth-order valence-electron chi connectivity index (χ4n) is 1.94. The number of benzene rings is 1. The molecule has 0 bridgehead atoms. The zero-order valence-electron chi connectivity index (χ0n) is 10.2. The molecule has 0 aliphatic carbocycles. The van der Waals surface area contributed by atoms with Crippen LogP contribution in [0.25, 0.3) is 11.0 Å². The van der Waals surface area contributed by atoms with Crippen LogP contribution in [0.1, 0.15) is 5.56 Å². The first-order valence-corrected chi connectivity index (χ1v) is 5.73. The summed E-state index contributed by atoms with van der Waals surface area (Å²) in [7, 11) is 1.54. The van der Waals surface area contributed by atoms with Crippen LogP contribution < -0.4 is 4.74 Å². The molecule has 0 saturated carbocycles. The summed E-state index contributed by atoms with van der Waals surface area (Å²) in [6.45, 7) is 0.316. The van der Waals surface area contributed by atoms with E-state index in [-0.39, 0.29) is 5.82 Å². The van der Waals surface area contributed by atoms with Crippen LogP contribution in [0, 0.1) is 5.82 Å². The summed E-state index contributed by atoms with van der Waals surface area (Å²) in [5.41, 5.74) is 1.18. The third kappa shape index (κ3) is 2.01. The Bertz CT molecular complexity index is 725. The molecule has 0 spiro atoms. The van der Waals surface area contributed by atoms with Crippen LogP contribution in [0.4, 0.5) is 4.39 Å². The molecule has 0 unspecified atom stereocenters.